The van der Waals surface area contributed by atoms with Gasteiger partial charge < -0.3 is 0 Å². The summed E-state index contributed by atoms with van der Waals surface area (Å²) in [6.07, 6.45) is 3.52. The lowest BCUT2D eigenvalue weighted by atomic mass is 10.1. The lowest BCUT2D eigenvalue weighted by Gasteiger charge is -2.09. The summed E-state index contributed by atoms with van der Waals surface area (Å²) < 4.78 is 1.30. The zero-order valence-corrected chi connectivity index (χ0v) is 17.4. The highest BCUT2D eigenvalue weighted by molar-refractivity contribution is 6.05. The van der Waals surface area contributed by atoms with E-state index in [1.54, 1.807) is 36.4 Å². The molecule has 1 N–H and O–H groups in total. The van der Waals surface area contributed by atoms with Crippen LogP contribution in [0.2, 0.25) is 0 Å². The van der Waals surface area contributed by atoms with Crippen molar-refractivity contribution in [3.63, 3.8) is 0 Å². The van der Waals surface area contributed by atoms with Gasteiger partial charge in [0.25, 0.3) is 17.2 Å². The summed E-state index contributed by atoms with van der Waals surface area (Å²) in [6.45, 7) is 4.26. The first-order valence-electron chi connectivity index (χ1n) is 10.1. The number of hydrogen-bond donors (Lipinski definition) is 1. The lowest BCUT2D eigenvalue weighted by Crippen LogP contribution is -2.29. The molecule has 1 aromatic heterocycles. The van der Waals surface area contributed by atoms with Gasteiger partial charge in [0.1, 0.15) is 0 Å². The molecular formula is C22H23N5O4. The molecule has 0 fully saturated rings. The molecule has 1 amide bonds. The second-order valence-corrected chi connectivity index (χ2v) is 6.97. The molecule has 160 valence electrons. The Labute approximate surface area is 178 Å². The number of fused-ring (bicyclic) bond motifs is 1. The van der Waals surface area contributed by atoms with Crippen LogP contribution in [0, 0.1) is 10.1 Å². The van der Waals surface area contributed by atoms with Crippen LogP contribution < -0.4 is 11.0 Å². The van der Waals surface area contributed by atoms with E-state index in [1.165, 1.54) is 17.0 Å². The van der Waals surface area contributed by atoms with E-state index in [9.17, 15) is 19.7 Å². The largest absolute Gasteiger partial charge is 0.292 e. The molecule has 0 saturated heterocycles. The SMILES string of the molecule is CCCCn1nc(C(=O)N/N=C\c2ccc(CC)c([N+](=O)[O-])c2)c2ccccc2c1=O. The molecule has 3 rings (SSSR count). The minimum absolute atomic E-state index is 0.00781. The number of rotatable bonds is 8. The first-order chi connectivity index (χ1) is 15.0. The van der Waals surface area contributed by atoms with Crippen molar-refractivity contribution in [2.45, 2.75) is 39.7 Å². The van der Waals surface area contributed by atoms with Crippen LogP contribution in [0.25, 0.3) is 10.8 Å². The molecule has 0 aliphatic rings. The van der Waals surface area contributed by atoms with Crippen LogP contribution in [0.5, 0.6) is 0 Å². The third-order valence-electron chi connectivity index (χ3n) is 4.87. The smallest absolute Gasteiger partial charge is 0.267 e. The van der Waals surface area contributed by atoms with Crippen molar-refractivity contribution in [2.24, 2.45) is 5.10 Å². The van der Waals surface area contributed by atoms with Crippen LogP contribution in [-0.2, 0) is 13.0 Å². The van der Waals surface area contributed by atoms with Crippen molar-refractivity contribution in [3.05, 3.63) is 79.8 Å². The van der Waals surface area contributed by atoms with E-state index < -0.39 is 10.8 Å². The van der Waals surface area contributed by atoms with E-state index in [-0.39, 0.29) is 16.9 Å². The number of amides is 1. The topological polar surface area (TPSA) is 119 Å². The Morgan fingerprint density at radius 2 is 1.97 bits per heavy atom. The average Bonchev–Trinajstić information content (AvgIpc) is 2.78. The summed E-state index contributed by atoms with van der Waals surface area (Å²) >= 11 is 0. The zero-order chi connectivity index (χ0) is 22.4. The van der Waals surface area contributed by atoms with Crippen molar-refractivity contribution in [1.29, 1.82) is 0 Å². The van der Waals surface area contributed by atoms with E-state index in [0.717, 1.165) is 12.8 Å². The van der Waals surface area contributed by atoms with Crippen LogP contribution >= 0.6 is 0 Å². The third-order valence-corrected chi connectivity index (χ3v) is 4.87. The fourth-order valence-electron chi connectivity index (χ4n) is 3.21. The molecule has 0 unspecified atom stereocenters. The standard InChI is InChI=1S/C22H23N5O4/c1-3-5-12-26-22(29)18-9-7-6-8-17(18)20(25-26)21(28)24-23-14-15-10-11-16(4-2)19(13-15)27(30)31/h6-11,13-14H,3-5,12H2,1-2H3,(H,24,28)/b23-14-. The van der Waals surface area contributed by atoms with Gasteiger partial charge in [-0.15, -0.1) is 0 Å². The summed E-state index contributed by atoms with van der Waals surface area (Å²) in [6, 6.07) is 11.6. The average molecular weight is 421 g/mol. The third kappa shape index (κ3) is 4.82. The van der Waals surface area contributed by atoms with Gasteiger partial charge in [0.2, 0.25) is 0 Å². The van der Waals surface area contributed by atoms with Crippen LogP contribution in [0.1, 0.15) is 48.3 Å². The maximum Gasteiger partial charge on any atom is 0.292 e. The highest BCUT2D eigenvalue weighted by Gasteiger charge is 2.16. The van der Waals surface area contributed by atoms with Gasteiger partial charge in [-0.1, -0.05) is 50.6 Å². The number of nitro groups is 1. The van der Waals surface area contributed by atoms with Gasteiger partial charge in [0.15, 0.2) is 5.69 Å². The fourth-order valence-corrected chi connectivity index (χ4v) is 3.21. The number of carbonyl (C=O) groups excluding carboxylic acids is 1. The maximum atomic E-state index is 12.8. The Morgan fingerprint density at radius 3 is 2.65 bits per heavy atom. The monoisotopic (exact) mass is 421 g/mol. The molecule has 0 spiro atoms. The number of benzene rings is 2. The summed E-state index contributed by atoms with van der Waals surface area (Å²) in [5, 5.41) is 20.2. The highest BCUT2D eigenvalue weighted by Crippen LogP contribution is 2.20. The summed E-state index contributed by atoms with van der Waals surface area (Å²) in [5.74, 6) is -0.572. The number of aryl methyl sites for hydroxylation is 2. The molecule has 3 aromatic rings. The fraction of sp³-hybridized carbons (Fsp3) is 0.273. The molecular weight excluding hydrogens is 398 g/mol. The number of nitrogens with zero attached hydrogens (tertiary/aromatic N) is 4. The van der Waals surface area contributed by atoms with Crippen molar-refractivity contribution in [2.75, 3.05) is 0 Å². The minimum Gasteiger partial charge on any atom is -0.267 e. The first-order valence-corrected chi connectivity index (χ1v) is 10.1. The Hall–Kier alpha value is -3.88. The number of hydrogen-bond acceptors (Lipinski definition) is 6. The van der Waals surface area contributed by atoms with Gasteiger partial charge in [-0.2, -0.15) is 10.2 Å². The Kier molecular flexibility index (Phi) is 6.86. The Bertz CT molecular complexity index is 1220. The van der Waals surface area contributed by atoms with Crippen molar-refractivity contribution >= 4 is 28.6 Å². The second-order valence-electron chi connectivity index (χ2n) is 6.97. The molecule has 0 bridgehead atoms. The van der Waals surface area contributed by atoms with Crippen molar-refractivity contribution in [3.8, 4) is 0 Å². The molecule has 2 aromatic carbocycles. The van der Waals surface area contributed by atoms with Gasteiger partial charge in [0.05, 0.1) is 16.5 Å². The first kappa shape index (κ1) is 21.8. The lowest BCUT2D eigenvalue weighted by molar-refractivity contribution is -0.385. The molecule has 0 saturated carbocycles. The summed E-state index contributed by atoms with van der Waals surface area (Å²) in [4.78, 5) is 36.2. The van der Waals surface area contributed by atoms with Gasteiger partial charge >= 0.3 is 0 Å². The van der Waals surface area contributed by atoms with Crippen molar-refractivity contribution in [1.82, 2.24) is 15.2 Å². The van der Waals surface area contributed by atoms with Crippen LogP contribution in [0.15, 0.2) is 52.4 Å². The van der Waals surface area contributed by atoms with Gasteiger partial charge in [-0.25, -0.2) is 10.1 Å². The quantitative estimate of drug-likeness (QED) is 0.339. The van der Waals surface area contributed by atoms with Crippen LogP contribution in [0.3, 0.4) is 0 Å². The molecule has 0 aliphatic carbocycles. The molecule has 0 atom stereocenters. The Balaban J connectivity index is 1.88. The van der Waals surface area contributed by atoms with Gasteiger partial charge in [-0.05, 0) is 18.9 Å². The second kappa shape index (κ2) is 9.75. The number of hydrazone groups is 1. The van der Waals surface area contributed by atoms with E-state index in [1.807, 2.05) is 13.8 Å². The number of nitrogens with one attached hydrogen (secondary N) is 1. The van der Waals surface area contributed by atoms with Gasteiger partial charge in [-0.3, -0.25) is 19.7 Å². The summed E-state index contributed by atoms with van der Waals surface area (Å²) in [7, 11) is 0. The molecule has 31 heavy (non-hydrogen) atoms. The van der Waals surface area contributed by atoms with Crippen LogP contribution in [-0.4, -0.2) is 26.8 Å². The normalized spacial score (nSPS) is 11.2. The van der Waals surface area contributed by atoms with Crippen LogP contribution in [0.4, 0.5) is 5.69 Å². The predicted molar refractivity (Wildman–Crippen MR) is 118 cm³/mol. The van der Waals surface area contributed by atoms with E-state index in [0.29, 0.717) is 34.9 Å². The number of unbranched alkanes of at least 4 members (excludes halogenated alkanes) is 1. The van der Waals surface area contributed by atoms with Gasteiger partial charge in [0, 0.05) is 29.1 Å². The number of carbonyl (C=O) groups is 1. The molecule has 0 radical (unpaired) electrons. The minimum atomic E-state index is -0.572. The maximum absolute atomic E-state index is 12.8. The number of aromatic nitrogens is 2. The highest BCUT2D eigenvalue weighted by atomic mass is 16.6. The van der Waals surface area contributed by atoms with E-state index in [2.05, 4.69) is 15.6 Å². The molecule has 1 heterocycles. The predicted octanol–water partition coefficient (Wildman–Crippen LogP) is 3.43. The Morgan fingerprint density at radius 1 is 1.23 bits per heavy atom. The zero-order valence-electron chi connectivity index (χ0n) is 17.4. The van der Waals surface area contributed by atoms with Crippen molar-refractivity contribution < 1.29 is 9.72 Å². The van der Waals surface area contributed by atoms with E-state index in [4.69, 9.17) is 0 Å². The molecule has 9 heteroatoms. The molecule has 0 aliphatic heterocycles. The van der Waals surface area contributed by atoms with E-state index >= 15 is 0 Å². The summed E-state index contributed by atoms with van der Waals surface area (Å²) in [5.41, 5.74) is 3.36. The molecule has 9 nitrogen and oxygen atoms in total. The number of nitro benzene ring substituents is 1.